The number of hydrogen-bond acceptors (Lipinski definition) is 2. The van der Waals surface area contributed by atoms with E-state index in [4.69, 9.17) is 0 Å². The standard InChI is InChI=1S/C17H17N3/c1-2-4-15-12(3-1)7-10-19-17(15)20-14-6-5-13-8-9-18-16(13)11-14/h5-11,18H,1-4H2,(H,19,20). The Bertz CT molecular complexity index is 758. The van der Waals surface area contributed by atoms with Gasteiger partial charge in [0.15, 0.2) is 0 Å². The molecule has 0 spiro atoms. The molecule has 2 heterocycles. The van der Waals surface area contributed by atoms with Crippen LogP contribution in [0.3, 0.4) is 0 Å². The van der Waals surface area contributed by atoms with Crippen LogP contribution in [0.5, 0.6) is 0 Å². The molecule has 4 rings (SSSR count). The van der Waals surface area contributed by atoms with E-state index >= 15 is 0 Å². The first-order chi connectivity index (χ1) is 9.90. The van der Waals surface area contributed by atoms with Crippen molar-refractivity contribution in [3.8, 4) is 0 Å². The molecule has 3 aromatic rings. The number of hydrogen-bond donors (Lipinski definition) is 2. The molecule has 0 fully saturated rings. The first-order valence-electron chi connectivity index (χ1n) is 7.21. The highest BCUT2D eigenvalue weighted by Crippen LogP contribution is 2.29. The van der Waals surface area contributed by atoms with Gasteiger partial charge in [-0.2, -0.15) is 0 Å². The SMILES string of the molecule is c1cc2c(c(Nc3ccc4cc[nH]c4c3)n1)CCCC2. The fourth-order valence-electron chi connectivity index (χ4n) is 3.03. The summed E-state index contributed by atoms with van der Waals surface area (Å²) in [4.78, 5) is 7.78. The molecule has 1 aliphatic rings. The minimum absolute atomic E-state index is 1.02. The van der Waals surface area contributed by atoms with Crippen LogP contribution in [0.1, 0.15) is 24.0 Å². The Labute approximate surface area is 118 Å². The van der Waals surface area contributed by atoms with Gasteiger partial charge in [-0.3, -0.25) is 0 Å². The Kier molecular flexibility index (Phi) is 2.69. The molecule has 0 radical (unpaired) electrons. The van der Waals surface area contributed by atoms with Gasteiger partial charge in [-0.05, 0) is 66.5 Å². The molecule has 2 N–H and O–H groups in total. The highest BCUT2D eigenvalue weighted by atomic mass is 15.0. The summed E-state index contributed by atoms with van der Waals surface area (Å²) in [5.74, 6) is 1.02. The van der Waals surface area contributed by atoms with Crippen molar-refractivity contribution in [2.24, 2.45) is 0 Å². The maximum Gasteiger partial charge on any atom is 0.133 e. The molecule has 0 saturated heterocycles. The number of H-pyrrole nitrogens is 1. The quantitative estimate of drug-likeness (QED) is 0.728. The normalized spacial score (nSPS) is 14.2. The summed E-state index contributed by atoms with van der Waals surface area (Å²) in [5.41, 5.74) is 5.09. The topological polar surface area (TPSA) is 40.7 Å². The third-order valence-electron chi connectivity index (χ3n) is 4.09. The number of aryl methyl sites for hydroxylation is 1. The maximum absolute atomic E-state index is 4.53. The van der Waals surface area contributed by atoms with E-state index in [1.54, 1.807) is 0 Å². The zero-order chi connectivity index (χ0) is 13.4. The Hall–Kier alpha value is -2.29. The van der Waals surface area contributed by atoms with Gasteiger partial charge in [-0.1, -0.05) is 6.07 Å². The number of fused-ring (bicyclic) bond motifs is 2. The van der Waals surface area contributed by atoms with Crippen molar-refractivity contribution in [3.63, 3.8) is 0 Å². The van der Waals surface area contributed by atoms with Crippen molar-refractivity contribution < 1.29 is 0 Å². The Morgan fingerprint density at radius 1 is 1.05 bits per heavy atom. The first kappa shape index (κ1) is 11.5. The smallest absolute Gasteiger partial charge is 0.133 e. The van der Waals surface area contributed by atoms with Crippen LogP contribution in [-0.4, -0.2) is 9.97 Å². The fraction of sp³-hybridized carbons (Fsp3) is 0.235. The van der Waals surface area contributed by atoms with Gasteiger partial charge in [0.05, 0.1) is 0 Å². The predicted octanol–water partition coefficient (Wildman–Crippen LogP) is 4.19. The molecule has 1 aliphatic carbocycles. The summed E-state index contributed by atoms with van der Waals surface area (Å²) < 4.78 is 0. The Morgan fingerprint density at radius 3 is 3.00 bits per heavy atom. The summed E-state index contributed by atoms with van der Waals surface area (Å²) in [5, 5.41) is 4.72. The Morgan fingerprint density at radius 2 is 2.00 bits per heavy atom. The van der Waals surface area contributed by atoms with Gasteiger partial charge >= 0.3 is 0 Å². The number of anilines is 2. The van der Waals surface area contributed by atoms with E-state index < -0.39 is 0 Å². The van der Waals surface area contributed by atoms with Crippen molar-refractivity contribution >= 4 is 22.4 Å². The lowest BCUT2D eigenvalue weighted by Crippen LogP contribution is -2.07. The molecular weight excluding hydrogens is 246 g/mol. The van der Waals surface area contributed by atoms with E-state index in [-0.39, 0.29) is 0 Å². The van der Waals surface area contributed by atoms with E-state index in [1.165, 1.54) is 35.8 Å². The van der Waals surface area contributed by atoms with E-state index in [2.05, 4.69) is 45.6 Å². The van der Waals surface area contributed by atoms with E-state index in [1.807, 2.05) is 12.4 Å². The summed E-state index contributed by atoms with van der Waals surface area (Å²) >= 11 is 0. The third-order valence-corrected chi connectivity index (χ3v) is 4.09. The summed E-state index contributed by atoms with van der Waals surface area (Å²) in [6.45, 7) is 0. The van der Waals surface area contributed by atoms with Crippen LogP contribution < -0.4 is 5.32 Å². The molecule has 100 valence electrons. The predicted molar refractivity (Wildman–Crippen MR) is 82.5 cm³/mol. The second-order valence-electron chi connectivity index (χ2n) is 5.41. The van der Waals surface area contributed by atoms with Crippen LogP contribution in [0.15, 0.2) is 42.7 Å². The van der Waals surface area contributed by atoms with Crippen LogP contribution >= 0.6 is 0 Å². The number of aromatic nitrogens is 2. The first-order valence-corrected chi connectivity index (χ1v) is 7.21. The molecule has 0 atom stereocenters. The average Bonchev–Trinajstić information content (AvgIpc) is 2.95. The second-order valence-corrected chi connectivity index (χ2v) is 5.41. The minimum atomic E-state index is 1.02. The van der Waals surface area contributed by atoms with E-state index in [0.717, 1.165) is 23.4 Å². The lowest BCUT2D eigenvalue weighted by molar-refractivity contribution is 0.684. The van der Waals surface area contributed by atoms with Crippen LogP contribution in [-0.2, 0) is 12.8 Å². The van der Waals surface area contributed by atoms with Gasteiger partial charge in [0.2, 0.25) is 0 Å². The number of rotatable bonds is 2. The molecule has 0 amide bonds. The summed E-state index contributed by atoms with van der Waals surface area (Å²) in [7, 11) is 0. The van der Waals surface area contributed by atoms with Gasteiger partial charge < -0.3 is 10.3 Å². The van der Waals surface area contributed by atoms with Crippen molar-refractivity contribution in [1.29, 1.82) is 0 Å². The molecule has 2 aromatic heterocycles. The van der Waals surface area contributed by atoms with E-state index in [0.29, 0.717) is 0 Å². The van der Waals surface area contributed by atoms with Crippen LogP contribution in [0, 0.1) is 0 Å². The van der Waals surface area contributed by atoms with Gasteiger partial charge in [0.1, 0.15) is 5.82 Å². The fourth-order valence-corrected chi connectivity index (χ4v) is 3.03. The molecular formula is C17H17N3. The van der Waals surface area contributed by atoms with Gasteiger partial charge in [-0.25, -0.2) is 4.98 Å². The second kappa shape index (κ2) is 4.67. The molecule has 0 aliphatic heterocycles. The number of aromatic amines is 1. The van der Waals surface area contributed by atoms with Crippen molar-refractivity contribution in [3.05, 3.63) is 53.9 Å². The molecule has 20 heavy (non-hydrogen) atoms. The zero-order valence-corrected chi connectivity index (χ0v) is 11.3. The molecule has 3 heteroatoms. The minimum Gasteiger partial charge on any atom is -0.361 e. The number of nitrogens with one attached hydrogen (secondary N) is 2. The zero-order valence-electron chi connectivity index (χ0n) is 11.3. The van der Waals surface area contributed by atoms with Crippen molar-refractivity contribution in [2.75, 3.05) is 5.32 Å². The molecule has 0 unspecified atom stereocenters. The Balaban J connectivity index is 1.71. The maximum atomic E-state index is 4.53. The molecule has 0 bridgehead atoms. The molecule has 0 saturated carbocycles. The number of nitrogens with zero attached hydrogens (tertiary/aromatic N) is 1. The van der Waals surface area contributed by atoms with Gasteiger partial charge in [0, 0.05) is 23.6 Å². The average molecular weight is 263 g/mol. The lowest BCUT2D eigenvalue weighted by atomic mass is 9.92. The summed E-state index contributed by atoms with van der Waals surface area (Å²) in [6.07, 6.45) is 8.77. The lowest BCUT2D eigenvalue weighted by Gasteiger charge is -2.19. The highest BCUT2D eigenvalue weighted by molar-refractivity contribution is 5.83. The number of pyridine rings is 1. The van der Waals surface area contributed by atoms with Gasteiger partial charge in [-0.15, -0.1) is 0 Å². The van der Waals surface area contributed by atoms with Gasteiger partial charge in [0.25, 0.3) is 0 Å². The molecule has 1 aromatic carbocycles. The number of benzene rings is 1. The monoisotopic (exact) mass is 263 g/mol. The highest BCUT2D eigenvalue weighted by Gasteiger charge is 2.14. The largest absolute Gasteiger partial charge is 0.361 e. The summed E-state index contributed by atoms with van der Waals surface area (Å²) in [6, 6.07) is 10.6. The van der Waals surface area contributed by atoms with E-state index in [9.17, 15) is 0 Å². The van der Waals surface area contributed by atoms with Crippen LogP contribution in [0.25, 0.3) is 10.9 Å². The third kappa shape index (κ3) is 1.95. The van der Waals surface area contributed by atoms with Crippen LogP contribution in [0.2, 0.25) is 0 Å². The molecule has 3 nitrogen and oxygen atoms in total. The van der Waals surface area contributed by atoms with Crippen molar-refractivity contribution in [2.45, 2.75) is 25.7 Å². The van der Waals surface area contributed by atoms with Crippen molar-refractivity contribution in [1.82, 2.24) is 9.97 Å². The van der Waals surface area contributed by atoms with Crippen LogP contribution in [0.4, 0.5) is 11.5 Å².